The normalized spacial score (nSPS) is 22.2. The summed E-state index contributed by atoms with van der Waals surface area (Å²) in [5.74, 6) is 2.28. The van der Waals surface area contributed by atoms with Gasteiger partial charge in [-0.25, -0.2) is 0 Å². The minimum Gasteiger partial charge on any atom is -0.493 e. The van der Waals surface area contributed by atoms with Crippen molar-refractivity contribution in [3.05, 3.63) is 53.6 Å². The molecule has 0 saturated heterocycles. The Kier molecular flexibility index (Phi) is 6.40. The molecule has 0 bridgehead atoms. The molecule has 2 saturated carbocycles. The molecule has 2 fully saturated rings. The molecule has 166 valence electrons. The van der Waals surface area contributed by atoms with Gasteiger partial charge in [0.05, 0.1) is 25.7 Å². The molecule has 2 aliphatic carbocycles. The van der Waals surface area contributed by atoms with Gasteiger partial charge in [0.1, 0.15) is 5.75 Å². The zero-order valence-electron chi connectivity index (χ0n) is 18.5. The van der Waals surface area contributed by atoms with E-state index in [2.05, 4.69) is 0 Å². The molecule has 2 aromatic rings. The fourth-order valence-electron chi connectivity index (χ4n) is 4.57. The first-order valence-electron chi connectivity index (χ1n) is 11.2. The highest BCUT2D eigenvalue weighted by Crippen LogP contribution is 2.47. The number of hydrogen-bond donors (Lipinski definition) is 1. The van der Waals surface area contributed by atoms with Gasteiger partial charge in [-0.15, -0.1) is 0 Å². The molecule has 4 rings (SSSR count). The zero-order chi connectivity index (χ0) is 22.0. The molecule has 2 aromatic carbocycles. The molecular formula is C26H32O5. The van der Waals surface area contributed by atoms with E-state index in [9.17, 15) is 9.90 Å². The lowest BCUT2D eigenvalue weighted by Crippen LogP contribution is -2.37. The zero-order valence-corrected chi connectivity index (χ0v) is 18.5. The predicted octanol–water partition coefficient (Wildman–Crippen LogP) is 5.45. The van der Waals surface area contributed by atoms with E-state index in [-0.39, 0.29) is 17.9 Å². The highest BCUT2D eigenvalue weighted by Gasteiger charge is 2.38. The number of aliphatic carboxylic acids is 1. The summed E-state index contributed by atoms with van der Waals surface area (Å²) < 4.78 is 17.6. The maximum atomic E-state index is 11.6. The van der Waals surface area contributed by atoms with Crippen LogP contribution in [0.3, 0.4) is 0 Å². The first kappa shape index (κ1) is 21.5. The number of hydrogen-bond acceptors (Lipinski definition) is 4. The maximum Gasteiger partial charge on any atom is 0.306 e. The lowest BCUT2D eigenvalue weighted by atomic mass is 9.82. The minimum atomic E-state index is -0.728. The molecule has 5 nitrogen and oxygen atoms in total. The van der Waals surface area contributed by atoms with E-state index in [1.165, 1.54) is 0 Å². The first-order chi connectivity index (χ1) is 14.9. The summed E-state index contributed by atoms with van der Waals surface area (Å²) in [6.45, 7) is 4.51. The van der Waals surface area contributed by atoms with E-state index in [1.54, 1.807) is 7.11 Å². The van der Waals surface area contributed by atoms with Crippen LogP contribution >= 0.6 is 0 Å². The third-order valence-corrected chi connectivity index (χ3v) is 6.59. The first-order valence-corrected chi connectivity index (χ1v) is 11.2. The average Bonchev–Trinajstić information content (AvgIpc) is 3.55. The third-order valence-electron chi connectivity index (χ3n) is 6.59. The number of rotatable bonds is 10. The number of aryl methyl sites for hydroxylation is 1. The highest BCUT2D eigenvalue weighted by atomic mass is 16.5. The molecule has 0 unspecified atom stereocenters. The van der Waals surface area contributed by atoms with Crippen LogP contribution in [0.15, 0.2) is 42.5 Å². The van der Waals surface area contributed by atoms with E-state index in [0.29, 0.717) is 18.4 Å². The van der Waals surface area contributed by atoms with Crippen LogP contribution in [0.4, 0.5) is 0 Å². The number of benzene rings is 2. The van der Waals surface area contributed by atoms with Gasteiger partial charge in [-0.2, -0.15) is 0 Å². The Bertz CT molecular complexity index is 914. The summed E-state index contributed by atoms with van der Waals surface area (Å²) in [6, 6.07) is 14.0. The Morgan fingerprint density at radius 2 is 1.90 bits per heavy atom. The molecule has 0 heterocycles. The number of carboxylic acids is 1. The van der Waals surface area contributed by atoms with E-state index in [0.717, 1.165) is 54.1 Å². The van der Waals surface area contributed by atoms with Crippen LogP contribution in [-0.4, -0.2) is 30.9 Å². The Hall–Kier alpha value is -2.69. The summed E-state index contributed by atoms with van der Waals surface area (Å²) >= 11 is 0. The standard InChI is InChI=1S/C26H32O5/c1-16-7-10-23(29-3)24(11-16)31-22-12-18(13-22)15-30-21-6-4-5-20(14-21)25(19-8-9-19)17(2)26(27)28/h4-7,10-11,14,17-19,22,25H,8-9,12-13,15H2,1-3H3,(H,27,28)/t17-,18?,22?,25-/m0/s1. The van der Waals surface area contributed by atoms with Gasteiger partial charge < -0.3 is 19.3 Å². The fourth-order valence-corrected chi connectivity index (χ4v) is 4.57. The van der Waals surface area contributed by atoms with Crippen LogP contribution in [0.5, 0.6) is 17.2 Å². The Morgan fingerprint density at radius 1 is 1.13 bits per heavy atom. The second-order valence-electron chi connectivity index (χ2n) is 9.11. The molecule has 5 heteroatoms. The summed E-state index contributed by atoms with van der Waals surface area (Å²) in [6.07, 6.45) is 4.33. The van der Waals surface area contributed by atoms with Crippen molar-refractivity contribution in [2.45, 2.75) is 51.6 Å². The maximum absolute atomic E-state index is 11.6. The van der Waals surface area contributed by atoms with Crippen molar-refractivity contribution in [2.24, 2.45) is 17.8 Å². The van der Waals surface area contributed by atoms with E-state index >= 15 is 0 Å². The van der Waals surface area contributed by atoms with Crippen LogP contribution in [0.2, 0.25) is 0 Å². The molecule has 31 heavy (non-hydrogen) atoms. The lowest BCUT2D eigenvalue weighted by Gasteiger charge is -2.35. The second kappa shape index (κ2) is 9.21. The van der Waals surface area contributed by atoms with Gasteiger partial charge in [0.2, 0.25) is 0 Å². The van der Waals surface area contributed by atoms with Crippen LogP contribution in [0.25, 0.3) is 0 Å². The molecule has 0 radical (unpaired) electrons. The van der Waals surface area contributed by atoms with Crippen molar-refractivity contribution in [3.8, 4) is 17.2 Å². The van der Waals surface area contributed by atoms with Crippen LogP contribution in [0.1, 0.15) is 49.7 Å². The highest BCUT2D eigenvalue weighted by molar-refractivity contribution is 5.71. The van der Waals surface area contributed by atoms with Crippen molar-refractivity contribution in [1.29, 1.82) is 0 Å². The molecule has 0 amide bonds. The van der Waals surface area contributed by atoms with Crippen LogP contribution in [-0.2, 0) is 4.79 Å². The predicted molar refractivity (Wildman–Crippen MR) is 119 cm³/mol. The van der Waals surface area contributed by atoms with Crippen molar-refractivity contribution in [2.75, 3.05) is 13.7 Å². The Balaban J connectivity index is 1.30. The van der Waals surface area contributed by atoms with Crippen LogP contribution < -0.4 is 14.2 Å². The number of carbonyl (C=O) groups is 1. The molecule has 2 aliphatic rings. The summed E-state index contributed by atoms with van der Waals surface area (Å²) in [5, 5.41) is 9.50. The van der Waals surface area contributed by atoms with Crippen molar-refractivity contribution in [3.63, 3.8) is 0 Å². The van der Waals surface area contributed by atoms with E-state index < -0.39 is 5.97 Å². The van der Waals surface area contributed by atoms with Gasteiger partial charge in [-0.3, -0.25) is 4.79 Å². The van der Waals surface area contributed by atoms with Gasteiger partial charge in [0.25, 0.3) is 0 Å². The smallest absolute Gasteiger partial charge is 0.306 e. The average molecular weight is 425 g/mol. The monoisotopic (exact) mass is 424 g/mol. The Morgan fingerprint density at radius 3 is 2.58 bits per heavy atom. The van der Waals surface area contributed by atoms with Gasteiger partial charge in [0.15, 0.2) is 11.5 Å². The summed E-state index contributed by atoms with van der Waals surface area (Å²) in [4.78, 5) is 11.6. The third kappa shape index (κ3) is 5.15. The summed E-state index contributed by atoms with van der Waals surface area (Å²) in [5.41, 5.74) is 2.23. The largest absolute Gasteiger partial charge is 0.493 e. The minimum absolute atomic E-state index is 0.0619. The fraction of sp³-hybridized carbons (Fsp3) is 0.500. The second-order valence-corrected chi connectivity index (χ2v) is 9.11. The molecule has 0 aliphatic heterocycles. The lowest BCUT2D eigenvalue weighted by molar-refractivity contribution is -0.142. The number of ether oxygens (including phenoxy) is 3. The van der Waals surface area contributed by atoms with Gasteiger partial charge >= 0.3 is 5.97 Å². The van der Waals surface area contributed by atoms with Crippen molar-refractivity contribution in [1.82, 2.24) is 0 Å². The molecule has 0 aromatic heterocycles. The van der Waals surface area contributed by atoms with Gasteiger partial charge in [-0.05, 0) is 85.8 Å². The van der Waals surface area contributed by atoms with Crippen molar-refractivity contribution >= 4 is 5.97 Å². The summed E-state index contributed by atoms with van der Waals surface area (Å²) in [7, 11) is 1.66. The van der Waals surface area contributed by atoms with Crippen LogP contribution in [0, 0.1) is 24.7 Å². The van der Waals surface area contributed by atoms with Crippen molar-refractivity contribution < 1.29 is 24.1 Å². The SMILES string of the molecule is COc1ccc(C)cc1OC1CC(COc2cccc([C@H](C3CC3)[C@H](C)C(=O)O)c2)C1. The topological polar surface area (TPSA) is 65.0 Å². The van der Waals surface area contributed by atoms with Gasteiger partial charge in [0, 0.05) is 0 Å². The van der Waals surface area contributed by atoms with E-state index in [4.69, 9.17) is 14.2 Å². The molecular weight excluding hydrogens is 392 g/mol. The van der Waals surface area contributed by atoms with Gasteiger partial charge in [-0.1, -0.05) is 25.1 Å². The number of methoxy groups -OCH3 is 1. The van der Waals surface area contributed by atoms with E-state index in [1.807, 2.05) is 56.3 Å². The quantitative estimate of drug-likeness (QED) is 0.549. The Labute approximate surface area is 184 Å². The molecule has 0 spiro atoms. The number of carboxylic acid groups (broad SMARTS) is 1. The molecule has 2 atom stereocenters. The molecule has 1 N–H and O–H groups in total.